The van der Waals surface area contributed by atoms with Gasteiger partial charge in [-0.05, 0) is 52.9 Å². The molecule has 100 valence electrons. The van der Waals surface area contributed by atoms with Gasteiger partial charge in [-0.3, -0.25) is 4.79 Å². The van der Waals surface area contributed by atoms with Gasteiger partial charge in [0.15, 0.2) is 0 Å². The maximum absolute atomic E-state index is 11.2. The van der Waals surface area contributed by atoms with Crippen molar-refractivity contribution in [3.63, 3.8) is 0 Å². The predicted molar refractivity (Wildman–Crippen MR) is 69.5 cm³/mol. The molecule has 1 fully saturated rings. The van der Waals surface area contributed by atoms with Crippen molar-refractivity contribution in [1.82, 2.24) is 9.80 Å². The first-order chi connectivity index (χ1) is 7.81. The molecule has 0 aromatic carbocycles. The average Bonchev–Trinajstić information content (AvgIpc) is 2.20. The zero-order chi connectivity index (χ0) is 13.1. The van der Waals surface area contributed by atoms with Crippen molar-refractivity contribution in [3.8, 4) is 0 Å². The highest BCUT2D eigenvalue weighted by Crippen LogP contribution is 2.17. The minimum Gasteiger partial charge on any atom is -0.368 e. The first-order valence-electron chi connectivity index (χ1n) is 6.27. The van der Waals surface area contributed by atoms with Crippen LogP contribution in [0, 0.1) is 5.92 Å². The second-order valence-corrected chi connectivity index (χ2v) is 5.73. The van der Waals surface area contributed by atoms with Gasteiger partial charge in [0.2, 0.25) is 5.91 Å². The van der Waals surface area contributed by atoms with Crippen molar-refractivity contribution in [1.29, 1.82) is 0 Å². The van der Waals surface area contributed by atoms with Crippen LogP contribution in [0.2, 0.25) is 0 Å². The van der Waals surface area contributed by atoms with Gasteiger partial charge in [-0.15, -0.1) is 0 Å². The molecule has 0 bridgehead atoms. The number of hydrogen-bond donors (Lipinski definition) is 2. The van der Waals surface area contributed by atoms with E-state index in [0.29, 0.717) is 12.5 Å². The Kier molecular flexibility index (Phi) is 4.91. The lowest BCUT2D eigenvalue weighted by atomic mass is 9.95. The van der Waals surface area contributed by atoms with Crippen LogP contribution in [0.5, 0.6) is 0 Å². The Morgan fingerprint density at radius 3 is 2.47 bits per heavy atom. The molecule has 1 rings (SSSR count). The summed E-state index contributed by atoms with van der Waals surface area (Å²) in [5.41, 5.74) is 10.2. The number of carbonyl (C=O) groups is 1. The summed E-state index contributed by atoms with van der Waals surface area (Å²) < 4.78 is 0. The molecule has 1 saturated heterocycles. The molecule has 1 unspecified atom stereocenters. The minimum atomic E-state index is -0.930. The van der Waals surface area contributed by atoms with E-state index in [1.807, 2.05) is 7.05 Å². The summed E-state index contributed by atoms with van der Waals surface area (Å²) >= 11 is 0. The Labute approximate surface area is 104 Å². The van der Waals surface area contributed by atoms with E-state index in [1.165, 1.54) is 12.8 Å². The van der Waals surface area contributed by atoms with Crippen LogP contribution in [-0.2, 0) is 4.79 Å². The van der Waals surface area contributed by atoms with Crippen LogP contribution in [0.3, 0.4) is 0 Å². The summed E-state index contributed by atoms with van der Waals surface area (Å²) in [5, 5.41) is 0. The first kappa shape index (κ1) is 14.4. The minimum absolute atomic E-state index is 0.437. The van der Waals surface area contributed by atoms with E-state index in [2.05, 4.69) is 16.8 Å². The topological polar surface area (TPSA) is 75.6 Å². The second-order valence-electron chi connectivity index (χ2n) is 5.73. The van der Waals surface area contributed by atoms with Gasteiger partial charge in [0, 0.05) is 13.1 Å². The van der Waals surface area contributed by atoms with E-state index < -0.39 is 11.4 Å². The molecule has 0 spiro atoms. The van der Waals surface area contributed by atoms with Crippen LogP contribution >= 0.6 is 0 Å². The molecule has 1 heterocycles. The summed E-state index contributed by atoms with van der Waals surface area (Å²) in [6, 6.07) is 0. The van der Waals surface area contributed by atoms with E-state index in [4.69, 9.17) is 11.5 Å². The SMILES string of the molecule is CN1CCC(CN(C)CC(C)(N)C(N)=O)CC1. The highest BCUT2D eigenvalue weighted by Gasteiger charge is 2.28. The number of rotatable bonds is 5. The number of nitrogens with zero attached hydrogens (tertiary/aromatic N) is 2. The number of likely N-dealkylation sites (tertiary alicyclic amines) is 1. The summed E-state index contributed by atoms with van der Waals surface area (Å²) in [4.78, 5) is 15.6. The molecule has 1 atom stereocenters. The summed E-state index contributed by atoms with van der Waals surface area (Å²) in [6.07, 6.45) is 2.44. The second kappa shape index (κ2) is 5.80. The molecule has 5 heteroatoms. The lowest BCUT2D eigenvalue weighted by Gasteiger charge is -2.34. The van der Waals surface area contributed by atoms with E-state index in [9.17, 15) is 4.79 Å². The van der Waals surface area contributed by atoms with Crippen molar-refractivity contribution in [2.45, 2.75) is 25.3 Å². The Morgan fingerprint density at radius 2 is 2.00 bits per heavy atom. The molecule has 1 aliphatic heterocycles. The molecule has 0 aliphatic carbocycles. The van der Waals surface area contributed by atoms with Crippen LogP contribution in [0.1, 0.15) is 19.8 Å². The van der Waals surface area contributed by atoms with E-state index >= 15 is 0 Å². The molecule has 4 N–H and O–H groups in total. The van der Waals surface area contributed by atoms with Gasteiger partial charge >= 0.3 is 0 Å². The normalized spacial score (nSPS) is 22.6. The molecule has 0 aromatic rings. The number of nitrogens with two attached hydrogens (primary N) is 2. The summed E-state index contributed by atoms with van der Waals surface area (Å²) in [5.74, 6) is 0.271. The summed E-state index contributed by atoms with van der Waals surface area (Å²) in [6.45, 7) is 5.53. The fourth-order valence-corrected chi connectivity index (χ4v) is 2.39. The van der Waals surface area contributed by atoms with Gasteiger partial charge in [0.1, 0.15) is 5.54 Å². The van der Waals surface area contributed by atoms with Crippen molar-refractivity contribution in [2.24, 2.45) is 17.4 Å². The van der Waals surface area contributed by atoms with Crippen LogP contribution < -0.4 is 11.5 Å². The zero-order valence-electron chi connectivity index (χ0n) is 11.3. The van der Waals surface area contributed by atoms with Crippen LogP contribution in [0.4, 0.5) is 0 Å². The van der Waals surface area contributed by atoms with Crippen molar-refractivity contribution in [3.05, 3.63) is 0 Å². The zero-order valence-corrected chi connectivity index (χ0v) is 11.3. The molecular formula is C12H26N4O. The molecule has 17 heavy (non-hydrogen) atoms. The Bertz CT molecular complexity index is 259. The third-order valence-corrected chi connectivity index (χ3v) is 3.57. The maximum Gasteiger partial charge on any atom is 0.238 e. The maximum atomic E-state index is 11.2. The molecule has 0 aromatic heterocycles. The third-order valence-electron chi connectivity index (χ3n) is 3.57. The highest BCUT2D eigenvalue weighted by atomic mass is 16.1. The van der Waals surface area contributed by atoms with Gasteiger partial charge in [0.05, 0.1) is 0 Å². The molecule has 5 nitrogen and oxygen atoms in total. The lowest BCUT2D eigenvalue weighted by Crippen LogP contribution is -2.56. The van der Waals surface area contributed by atoms with E-state index in [-0.39, 0.29) is 0 Å². The molecule has 0 saturated carbocycles. The van der Waals surface area contributed by atoms with E-state index in [1.54, 1.807) is 6.92 Å². The monoisotopic (exact) mass is 242 g/mol. The first-order valence-corrected chi connectivity index (χ1v) is 6.27. The van der Waals surface area contributed by atoms with Gasteiger partial charge in [-0.25, -0.2) is 0 Å². The number of piperidine rings is 1. The Balaban J connectivity index is 2.34. The number of hydrogen-bond acceptors (Lipinski definition) is 4. The fourth-order valence-electron chi connectivity index (χ4n) is 2.39. The highest BCUT2D eigenvalue weighted by molar-refractivity contribution is 5.84. The van der Waals surface area contributed by atoms with Crippen molar-refractivity contribution in [2.75, 3.05) is 40.3 Å². The Morgan fingerprint density at radius 1 is 1.47 bits per heavy atom. The van der Waals surface area contributed by atoms with Gasteiger partial charge in [0.25, 0.3) is 0 Å². The molecular weight excluding hydrogens is 216 g/mol. The molecule has 1 aliphatic rings. The van der Waals surface area contributed by atoms with Crippen LogP contribution in [0.15, 0.2) is 0 Å². The lowest BCUT2D eigenvalue weighted by molar-refractivity contribution is -0.123. The quantitative estimate of drug-likeness (QED) is 0.679. The summed E-state index contributed by atoms with van der Waals surface area (Å²) in [7, 11) is 4.16. The van der Waals surface area contributed by atoms with E-state index in [0.717, 1.165) is 19.6 Å². The van der Waals surface area contributed by atoms with Gasteiger partial charge in [-0.2, -0.15) is 0 Å². The molecule has 1 amide bonds. The number of likely N-dealkylation sites (N-methyl/N-ethyl adjacent to an activating group) is 1. The number of carbonyl (C=O) groups excluding carboxylic acids is 1. The third kappa shape index (κ3) is 4.61. The average molecular weight is 242 g/mol. The van der Waals surface area contributed by atoms with Gasteiger partial charge in [-0.1, -0.05) is 0 Å². The largest absolute Gasteiger partial charge is 0.368 e. The van der Waals surface area contributed by atoms with Gasteiger partial charge < -0.3 is 21.3 Å². The Hall–Kier alpha value is -0.650. The van der Waals surface area contributed by atoms with Crippen molar-refractivity contribution >= 4 is 5.91 Å². The smallest absolute Gasteiger partial charge is 0.238 e. The fraction of sp³-hybridized carbons (Fsp3) is 0.917. The number of primary amides is 1. The van der Waals surface area contributed by atoms with Crippen molar-refractivity contribution < 1.29 is 4.79 Å². The van der Waals surface area contributed by atoms with Crippen LogP contribution in [-0.4, -0.2) is 61.5 Å². The molecule has 0 radical (unpaired) electrons. The standard InChI is InChI=1S/C12H26N4O/c1-12(14,11(13)17)9-16(3)8-10-4-6-15(2)7-5-10/h10H,4-9,14H2,1-3H3,(H2,13,17). The number of amides is 1. The predicted octanol–water partition coefficient (Wildman–Crippen LogP) is -0.537. The van der Waals surface area contributed by atoms with Crippen LogP contribution in [0.25, 0.3) is 0 Å².